The minimum absolute atomic E-state index is 0.0807. The molecule has 0 aliphatic heterocycles. The van der Waals surface area contributed by atoms with E-state index >= 15 is 0 Å². The Morgan fingerprint density at radius 3 is 2.67 bits per heavy atom. The summed E-state index contributed by atoms with van der Waals surface area (Å²) >= 11 is 0. The highest BCUT2D eigenvalue weighted by molar-refractivity contribution is 5.77. The molecule has 0 bridgehead atoms. The molecule has 1 aliphatic carbocycles. The van der Waals surface area contributed by atoms with Gasteiger partial charge in [-0.15, -0.1) is 0 Å². The van der Waals surface area contributed by atoms with Gasteiger partial charge in [-0.2, -0.15) is 0 Å². The summed E-state index contributed by atoms with van der Waals surface area (Å²) < 4.78 is 5.39. The number of hydrogen-bond donors (Lipinski definition) is 2. The number of nitrogens with one attached hydrogen (secondary N) is 1. The fourth-order valence-electron chi connectivity index (χ4n) is 1.82. The predicted octanol–water partition coefficient (Wildman–Crippen LogP) is 0.799. The number of carbonyl (C=O) groups excluding carboxylic acids is 1. The highest BCUT2D eigenvalue weighted by Gasteiger charge is 2.38. The molecule has 0 saturated heterocycles. The van der Waals surface area contributed by atoms with Crippen LogP contribution in [0, 0.1) is 0 Å². The fourth-order valence-corrected chi connectivity index (χ4v) is 1.82. The van der Waals surface area contributed by atoms with Gasteiger partial charge in [-0.1, -0.05) is 0 Å². The molecule has 1 fully saturated rings. The van der Waals surface area contributed by atoms with Crippen molar-refractivity contribution in [2.45, 2.75) is 50.7 Å². The number of ether oxygens (including phenoxy) is 1. The minimum atomic E-state index is -0.168. The van der Waals surface area contributed by atoms with E-state index in [0.717, 1.165) is 19.3 Å². The summed E-state index contributed by atoms with van der Waals surface area (Å²) in [5, 5.41) is 2.87. The van der Waals surface area contributed by atoms with Gasteiger partial charge in [0.05, 0.1) is 12.0 Å². The Bertz CT molecular complexity index is 207. The van der Waals surface area contributed by atoms with Gasteiger partial charge >= 0.3 is 0 Å². The van der Waals surface area contributed by atoms with Gasteiger partial charge in [-0.3, -0.25) is 4.79 Å². The lowest BCUT2D eigenvalue weighted by molar-refractivity contribution is -0.134. The Labute approximate surface area is 91.5 Å². The molecule has 1 saturated carbocycles. The van der Waals surface area contributed by atoms with E-state index in [4.69, 9.17) is 10.5 Å². The average Bonchev–Trinajstić information content (AvgIpc) is 2.11. The van der Waals surface area contributed by atoms with Crippen molar-refractivity contribution in [2.24, 2.45) is 5.73 Å². The monoisotopic (exact) mass is 214 g/mol. The summed E-state index contributed by atoms with van der Waals surface area (Å²) in [4.78, 5) is 11.6. The van der Waals surface area contributed by atoms with Crippen LogP contribution in [0.4, 0.5) is 0 Å². The van der Waals surface area contributed by atoms with E-state index < -0.39 is 0 Å². The van der Waals surface area contributed by atoms with Crippen molar-refractivity contribution < 1.29 is 9.53 Å². The van der Waals surface area contributed by atoms with Gasteiger partial charge in [0.15, 0.2) is 0 Å². The van der Waals surface area contributed by atoms with Crippen LogP contribution in [-0.4, -0.2) is 31.2 Å². The molecule has 0 aromatic rings. The number of methoxy groups -OCH3 is 1. The lowest BCUT2D eigenvalue weighted by atomic mass is 9.77. The predicted molar refractivity (Wildman–Crippen MR) is 59.5 cm³/mol. The summed E-state index contributed by atoms with van der Waals surface area (Å²) in [5.41, 5.74) is 5.43. The van der Waals surface area contributed by atoms with Crippen LogP contribution in [0.5, 0.6) is 0 Å². The number of rotatable bonds is 6. The number of hydrogen-bond acceptors (Lipinski definition) is 3. The molecule has 4 heteroatoms. The van der Waals surface area contributed by atoms with Crippen molar-refractivity contribution in [1.29, 1.82) is 0 Å². The van der Waals surface area contributed by atoms with Crippen molar-refractivity contribution >= 4 is 5.91 Å². The van der Waals surface area contributed by atoms with Gasteiger partial charge < -0.3 is 15.8 Å². The molecular formula is C11H22N2O2. The summed E-state index contributed by atoms with van der Waals surface area (Å²) in [6, 6.07) is 0.144. The van der Waals surface area contributed by atoms with E-state index in [2.05, 4.69) is 5.32 Å². The van der Waals surface area contributed by atoms with Crippen molar-refractivity contribution in [2.75, 3.05) is 13.7 Å². The SMILES string of the molecule is COC1(CC(=O)NCCC(C)N)CCC1. The summed E-state index contributed by atoms with van der Waals surface area (Å²) in [6.45, 7) is 2.60. The van der Waals surface area contributed by atoms with E-state index in [1.54, 1.807) is 7.11 Å². The first kappa shape index (κ1) is 12.5. The molecule has 0 aromatic carbocycles. The largest absolute Gasteiger partial charge is 0.378 e. The molecule has 1 amide bonds. The standard InChI is InChI=1S/C11H22N2O2/c1-9(12)4-7-13-10(14)8-11(15-2)5-3-6-11/h9H,3-8,12H2,1-2H3,(H,13,14). The van der Waals surface area contributed by atoms with Crippen LogP contribution in [0.15, 0.2) is 0 Å². The highest BCUT2D eigenvalue weighted by Crippen LogP contribution is 2.37. The zero-order chi connectivity index (χ0) is 11.3. The van der Waals surface area contributed by atoms with Crippen molar-refractivity contribution in [3.8, 4) is 0 Å². The second-order valence-corrected chi connectivity index (χ2v) is 4.53. The first-order valence-corrected chi connectivity index (χ1v) is 5.65. The van der Waals surface area contributed by atoms with Gasteiger partial charge in [0.25, 0.3) is 0 Å². The van der Waals surface area contributed by atoms with Crippen LogP contribution in [0.25, 0.3) is 0 Å². The fraction of sp³-hybridized carbons (Fsp3) is 0.909. The third-order valence-electron chi connectivity index (χ3n) is 3.10. The van der Waals surface area contributed by atoms with Gasteiger partial charge in [0.1, 0.15) is 0 Å². The van der Waals surface area contributed by atoms with Gasteiger partial charge in [0.2, 0.25) is 5.91 Å². The topological polar surface area (TPSA) is 64.3 Å². The number of amides is 1. The average molecular weight is 214 g/mol. The van der Waals surface area contributed by atoms with Gasteiger partial charge in [-0.05, 0) is 32.6 Å². The maximum absolute atomic E-state index is 11.6. The van der Waals surface area contributed by atoms with Crippen molar-refractivity contribution in [3.05, 3.63) is 0 Å². The Morgan fingerprint density at radius 1 is 1.60 bits per heavy atom. The van der Waals surface area contributed by atoms with E-state index in [1.807, 2.05) is 6.92 Å². The van der Waals surface area contributed by atoms with Crippen LogP contribution in [0.2, 0.25) is 0 Å². The molecule has 3 N–H and O–H groups in total. The second-order valence-electron chi connectivity index (χ2n) is 4.53. The van der Waals surface area contributed by atoms with Crippen LogP contribution in [-0.2, 0) is 9.53 Å². The molecular weight excluding hydrogens is 192 g/mol. The molecule has 88 valence electrons. The van der Waals surface area contributed by atoms with Crippen molar-refractivity contribution in [1.82, 2.24) is 5.32 Å². The lowest BCUT2D eigenvalue weighted by Gasteiger charge is -2.39. The third kappa shape index (κ3) is 3.80. The second kappa shape index (κ2) is 5.47. The Hall–Kier alpha value is -0.610. The number of nitrogens with two attached hydrogens (primary N) is 1. The quantitative estimate of drug-likeness (QED) is 0.687. The van der Waals surface area contributed by atoms with Crippen LogP contribution >= 0.6 is 0 Å². The van der Waals surface area contributed by atoms with Gasteiger partial charge in [0, 0.05) is 19.7 Å². The van der Waals surface area contributed by atoms with Crippen LogP contribution in [0.3, 0.4) is 0 Å². The van der Waals surface area contributed by atoms with Crippen LogP contribution in [0.1, 0.15) is 39.0 Å². The summed E-state index contributed by atoms with van der Waals surface area (Å²) in [6.07, 6.45) is 4.49. The molecule has 15 heavy (non-hydrogen) atoms. The zero-order valence-electron chi connectivity index (χ0n) is 9.71. The Balaban J connectivity index is 2.17. The molecule has 1 aliphatic rings. The van der Waals surface area contributed by atoms with Crippen LogP contribution < -0.4 is 11.1 Å². The first-order chi connectivity index (χ1) is 7.08. The maximum Gasteiger partial charge on any atom is 0.222 e. The molecule has 0 radical (unpaired) electrons. The Morgan fingerprint density at radius 2 is 2.27 bits per heavy atom. The third-order valence-corrected chi connectivity index (χ3v) is 3.10. The van der Waals surface area contributed by atoms with Crippen molar-refractivity contribution in [3.63, 3.8) is 0 Å². The molecule has 1 rings (SSSR count). The normalized spacial score (nSPS) is 20.5. The molecule has 0 spiro atoms. The zero-order valence-corrected chi connectivity index (χ0v) is 9.71. The smallest absolute Gasteiger partial charge is 0.222 e. The maximum atomic E-state index is 11.6. The molecule has 1 unspecified atom stereocenters. The van der Waals surface area contributed by atoms with E-state index in [1.165, 1.54) is 6.42 Å². The Kier molecular flexibility index (Phi) is 4.54. The molecule has 0 aromatic heterocycles. The number of carbonyl (C=O) groups is 1. The molecule has 0 heterocycles. The first-order valence-electron chi connectivity index (χ1n) is 5.65. The van der Waals surface area contributed by atoms with Gasteiger partial charge in [-0.25, -0.2) is 0 Å². The van der Waals surface area contributed by atoms with E-state index in [-0.39, 0.29) is 17.6 Å². The van der Waals surface area contributed by atoms with E-state index in [0.29, 0.717) is 13.0 Å². The minimum Gasteiger partial charge on any atom is -0.378 e. The summed E-state index contributed by atoms with van der Waals surface area (Å²) in [5.74, 6) is 0.0807. The summed E-state index contributed by atoms with van der Waals surface area (Å²) in [7, 11) is 1.69. The lowest BCUT2D eigenvalue weighted by Crippen LogP contribution is -2.44. The van der Waals surface area contributed by atoms with E-state index in [9.17, 15) is 4.79 Å². The highest BCUT2D eigenvalue weighted by atomic mass is 16.5. The molecule has 4 nitrogen and oxygen atoms in total. The molecule has 1 atom stereocenters.